The fraction of sp³-hybridized carbons (Fsp3) is 0.600. The van der Waals surface area contributed by atoms with E-state index in [1.807, 2.05) is 7.05 Å². The van der Waals surface area contributed by atoms with Crippen LogP contribution in [0.15, 0.2) is 22.7 Å². The zero-order chi connectivity index (χ0) is 13.7. The molecule has 0 bridgehead atoms. The summed E-state index contributed by atoms with van der Waals surface area (Å²) in [6.45, 7) is 7.79. The summed E-state index contributed by atoms with van der Waals surface area (Å²) in [6.07, 6.45) is 1.22. The van der Waals surface area contributed by atoms with Crippen LogP contribution in [0.1, 0.15) is 38.8 Å². The van der Waals surface area contributed by atoms with E-state index < -0.39 is 0 Å². The Morgan fingerprint density at radius 2 is 1.94 bits per heavy atom. The number of hydrogen-bond acceptors (Lipinski definition) is 2. The molecule has 18 heavy (non-hydrogen) atoms. The van der Waals surface area contributed by atoms with Crippen LogP contribution in [0.4, 0.5) is 5.69 Å². The molecule has 0 spiro atoms. The molecule has 1 aromatic rings. The Bertz CT molecular complexity index is 377. The number of benzene rings is 1. The highest BCUT2D eigenvalue weighted by atomic mass is 79.9. The molecule has 2 nitrogen and oxygen atoms in total. The molecule has 0 aliphatic rings. The molecule has 1 aromatic carbocycles. The zero-order valence-electron chi connectivity index (χ0n) is 12.1. The van der Waals surface area contributed by atoms with Crippen LogP contribution in [-0.4, -0.2) is 20.6 Å². The predicted octanol–water partition coefficient (Wildman–Crippen LogP) is 4.21. The minimum absolute atomic E-state index is 0.385. The van der Waals surface area contributed by atoms with Gasteiger partial charge in [0.25, 0.3) is 0 Å². The SMILES string of the molecule is CNC(C)c1ccc(N(C)CCC(C)C)c(Br)c1. The van der Waals surface area contributed by atoms with E-state index in [9.17, 15) is 0 Å². The average molecular weight is 313 g/mol. The normalized spacial score (nSPS) is 12.8. The van der Waals surface area contributed by atoms with Gasteiger partial charge >= 0.3 is 0 Å². The number of hydrogen-bond donors (Lipinski definition) is 1. The lowest BCUT2D eigenvalue weighted by atomic mass is 10.1. The highest BCUT2D eigenvalue weighted by Gasteiger charge is 2.09. The van der Waals surface area contributed by atoms with Crippen molar-refractivity contribution in [2.75, 3.05) is 25.5 Å². The van der Waals surface area contributed by atoms with E-state index in [-0.39, 0.29) is 0 Å². The van der Waals surface area contributed by atoms with Gasteiger partial charge in [-0.2, -0.15) is 0 Å². The molecular formula is C15H25BrN2. The van der Waals surface area contributed by atoms with Gasteiger partial charge in [-0.15, -0.1) is 0 Å². The number of anilines is 1. The maximum absolute atomic E-state index is 3.68. The lowest BCUT2D eigenvalue weighted by Gasteiger charge is -2.23. The Balaban J connectivity index is 2.78. The summed E-state index contributed by atoms with van der Waals surface area (Å²) in [5.74, 6) is 0.745. The van der Waals surface area contributed by atoms with E-state index in [0.29, 0.717) is 6.04 Å². The van der Waals surface area contributed by atoms with E-state index in [4.69, 9.17) is 0 Å². The van der Waals surface area contributed by atoms with E-state index in [0.717, 1.165) is 12.5 Å². The summed E-state index contributed by atoms with van der Waals surface area (Å²) in [6, 6.07) is 7.00. The van der Waals surface area contributed by atoms with Crippen LogP contribution in [0, 0.1) is 5.92 Å². The fourth-order valence-corrected chi connectivity index (χ4v) is 2.54. The van der Waals surface area contributed by atoms with Crippen molar-refractivity contribution in [1.29, 1.82) is 0 Å². The first kappa shape index (κ1) is 15.5. The molecule has 1 rings (SSSR count). The molecule has 0 saturated heterocycles. The quantitative estimate of drug-likeness (QED) is 0.846. The van der Waals surface area contributed by atoms with E-state index in [1.54, 1.807) is 0 Å². The first-order valence-electron chi connectivity index (χ1n) is 6.63. The fourth-order valence-electron chi connectivity index (χ4n) is 1.84. The maximum atomic E-state index is 3.68. The van der Waals surface area contributed by atoms with Crippen LogP contribution < -0.4 is 10.2 Å². The second-order valence-corrected chi connectivity index (χ2v) is 6.18. The second-order valence-electron chi connectivity index (χ2n) is 5.33. The number of halogens is 1. The summed E-state index contributed by atoms with van der Waals surface area (Å²) >= 11 is 3.68. The van der Waals surface area contributed by atoms with Crippen molar-refractivity contribution in [2.24, 2.45) is 5.92 Å². The lowest BCUT2D eigenvalue weighted by molar-refractivity contribution is 0.585. The Labute approximate surface area is 120 Å². The lowest BCUT2D eigenvalue weighted by Crippen LogP contribution is -2.20. The second kappa shape index (κ2) is 7.15. The van der Waals surface area contributed by atoms with Crippen molar-refractivity contribution >= 4 is 21.6 Å². The molecule has 0 heterocycles. The Kier molecular flexibility index (Phi) is 6.16. The van der Waals surface area contributed by atoms with Gasteiger partial charge in [0.15, 0.2) is 0 Å². The Morgan fingerprint density at radius 3 is 2.44 bits per heavy atom. The molecule has 1 atom stereocenters. The van der Waals surface area contributed by atoms with Gasteiger partial charge in [-0.05, 0) is 59.9 Å². The van der Waals surface area contributed by atoms with Crippen LogP contribution in [-0.2, 0) is 0 Å². The topological polar surface area (TPSA) is 15.3 Å². The highest BCUT2D eigenvalue weighted by Crippen LogP contribution is 2.29. The van der Waals surface area contributed by atoms with Gasteiger partial charge < -0.3 is 10.2 Å². The van der Waals surface area contributed by atoms with Gasteiger partial charge in [0.05, 0.1) is 5.69 Å². The van der Waals surface area contributed by atoms with Gasteiger partial charge in [-0.1, -0.05) is 19.9 Å². The molecule has 102 valence electrons. The Hall–Kier alpha value is -0.540. The van der Waals surface area contributed by atoms with Crippen molar-refractivity contribution in [3.05, 3.63) is 28.2 Å². The van der Waals surface area contributed by atoms with Crippen LogP contribution in [0.25, 0.3) is 0 Å². The third-order valence-electron chi connectivity index (χ3n) is 3.36. The van der Waals surface area contributed by atoms with Gasteiger partial charge in [-0.25, -0.2) is 0 Å². The number of nitrogens with zero attached hydrogens (tertiary/aromatic N) is 1. The number of nitrogens with one attached hydrogen (secondary N) is 1. The molecule has 0 fully saturated rings. The summed E-state index contributed by atoms with van der Waals surface area (Å²) in [7, 11) is 4.14. The first-order chi connectivity index (χ1) is 8.45. The van der Waals surface area contributed by atoms with Gasteiger partial charge in [0, 0.05) is 24.1 Å². The van der Waals surface area contributed by atoms with Crippen LogP contribution in [0.2, 0.25) is 0 Å². The molecule has 1 unspecified atom stereocenters. The third kappa shape index (κ3) is 4.29. The highest BCUT2D eigenvalue weighted by molar-refractivity contribution is 9.10. The molecule has 0 aromatic heterocycles. The van der Waals surface area contributed by atoms with Crippen LogP contribution in [0.5, 0.6) is 0 Å². The van der Waals surface area contributed by atoms with Gasteiger partial charge in [-0.3, -0.25) is 0 Å². The van der Waals surface area contributed by atoms with Gasteiger partial charge in [0.1, 0.15) is 0 Å². The summed E-state index contributed by atoms with van der Waals surface area (Å²) in [5, 5.41) is 3.26. The maximum Gasteiger partial charge on any atom is 0.0508 e. The Morgan fingerprint density at radius 1 is 1.28 bits per heavy atom. The van der Waals surface area contributed by atoms with E-state index in [1.165, 1.54) is 22.1 Å². The molecular weight excluding hydrogens is 288 g/mol. The minimum Gasteiger partial charge on any atom is -0.374 e. The molecule has 0 radical (unpaired) electrons. The summed E-state index contributed by atoms with van der Waals surface area (Å²) in [4.78, 5) is 2.32. The van der Waals surface area contributed by atoms with Crippen molar-refractivity contribution in [3.63, 3.8) is 0 Å². The first-order valence-corrected chi connectivity index (χ1v) is 7.42. The van der Waals surface area contributed by atoms with E-state index in [2.05, 4.69) is 72.2 Å². The average Bonchev–Trinajstić information content (AvgIpc) is 2.34. The zero-order valence-corrected chi connectivity index (χ0v) is 13.7. The molecule has 0 saturated carbocycles. The molecule has 1 N–H and O–H groups in total. The standard InChI is InChI=1S/C15H25BrN2/c1-11(2)8-9-18(5)15-7-6-13(10-14(15)16)12(3)17-4/h6-7,10-12,17H,8-9H2,1-5H3. The number of rotatable bonds is 6. The van der Waals surface area contributed by atoms with Crippen LogP contribution in [0.3, 0.4) is 0 Å². The minimum atomic E-state index is 0.385. The smallest absolute Gasteiger partial charge is 0.0508 e. The van der Waals surface area contributed by atoms with Gasteiger partial charge in [0.2, 0.25) is 0 Å². The summed E-state index contributed by atoms with van der Waals surface area (Å²) in [5.41, 5.74) is 2.58. The third-order valence-corrected chi connectivity index (χ3v) is 3.99. The molecule has 0 aliphatic heterocycles. The monoisotopic (exact) mass is 312 g/mol. The largest absolute Gasteiger partial charge is 0.374 e. The van der Waals surface area contributed by atoms with Crippen molar-refractivity contribution in [1.82, 2.24) is 5.32 Å². The molecule has 0 aliphatic carbocycles. The molecule has 0 amide bonds. The van der Waals surface area contributed by atoms with Crippen LogP contribution >= 0.6 is 15.9 Å². The van der Waals surface area contributed by atoms with Crippen molar-refractivity contribution < 1.29 is 0 Å². The van der Waals surface area contributed by atoms with E-state index >= 15 is 0 Å². The van der Waals surface area contributed by atoms with Crippen molar-refractivity contribution in [3.8, 4) is 0 Å². The summed E-state index contributed by atoms with van der Waals surface area (Å²) < 4.78 is 1.17. The predicted molar refractivity (Wildman–Crippen MR) is 84.3 cm³/mol. The van der Waals surface area contributed by atoms with Crippen molar-refractivity contribution in [2.45, 2.75) is 33.2 Å². The molecule has 3 heteroatoms.